The molecule has 1 saturated heterocycles. The number of anilines is 2. The summed E-state index contributed by atoms with van der Waals surface area (Å²) in [7, 11) is 3.24. The first kappa shape index (κ1) is 25.3. The summed E-state index contributed by atoms with van der Waals surface area (Å²) in [6.07, 6.45) is 5.41. The number of methoxy groups -OCH3 is 2. The maximum absolute atomic E-state index is 9.71. The molecule has 11 heteroatoms. The highest BCUT2D eigenvalue weighted by Gasteiger charge is 2.20. The van der Waals surface area contributed by atoms with E-state index in [9.17, 15) is 5.26 Å². The number of pyridine rings is 3. The second-order valence-electron chi connectivity index (χ2n) is 8.97. The van der Waals surface area contributed by atoms with Gasteiger partial charge in [-0.3, -0.25) is 4.90 Å². The third-order valence-corrected chi connectivity index (χ3v) is 6.56. The van der Waals surface area contributed by atoms with Gasteiger partial charge in [0.05, 0.1) is 25.4 Å². The second-order valence-corrected chi connectivity index (χ2v) is 8.97. The van der Waals surface area contributed by atoms with Crippen LogP contribution in [0.3, 0.4) is 0 Å². The number of rotatable bonds is 9. The summed E-state index contributed by atoms with van der Waals surface area (Å²) in [5.74, 6) is 2.32. The van der Waals surface area contributed by atoms with E-state index in [1.54, 1.807) is 24.9 Å². The van der Waals surface area contributed by atoms with Crippen LogP contribution in [-0.2, 0) is 11.3 Å². The number of nitrogen functional groups attached to an aromatic ring is 1. The van der Waals surface area contributed by atoms with Gasteiger partial charge < -0.3 is 24.8 Å². The van der Waals surface area contributed by atoms with E-state index in [0.717, 1.165) is 49.7 Å². The Morgan fingerprint density at radius 3 is 2.53 bits per heavy atom. The Bertz CT molecular complexity index is 1420. The fourth-order valence-corrected chi connectivity index (χ4v) is 4.57. The molecule has 38 heavy (non-hydrogen) atoms. The molecule has 0 radical (unpaired) electrons. The van der Waals surface area contributed by atoms with E-state index >= 15 is 0 Å². The molecule has 0 bridgehead atoms. The van der Waals surface area contributed by atoms with Crippen molar-refractivity contribution in [1.82, 2.24) is 24.5 Å². The summed E-state index contributed by atoms with van der Waals surface area (Å²) in [4.78, 5) is 13.8. The Morgan fingerprint density at radius 1 is 1.03 bits per heavy atom. The topological polar surface area (TPSA) is 127 Å². The van der Waals surface area contributed by atoms with Crippen molar-refractivity contribution in [3.63, 3.8) is 0 Å². The minimum absolute atomic E-state index is 0.177. The molecular weight excluding hydrogens is 484 g/mol. The molecule has 5 rings (SSSR count). The molecule has 0 unspecified atom stereocenters. The van der Waals surface area contributed by atoms with Gasteiger partial charge in [-0.25, -0.2) is 14.5 Å². The van der Waals surface area contributed by atoms with Crippen LogP contribution < -0.4 is 20.1 Å². The Kier molecular flexibility index (Phi) is 7.53. The molecule has 0 aliphatic carbocycles. The molecule has 0 spiro atoms. The highest BCUT2D eigenvalue weighted by molar-refractivity contribution is 5.88. The molecule has 1 aliphatic rings. The van der Waals surface area contributed by atoms with Gasteiger partial charge in [-0.2, -0.15) is 5.26 Å². The standard InChI is InChI=1S/C27H30N8O3/c1-36-11-12-38-21-13-22(26-23(14-28)27(29)32-35(26)18-21)20-4-5-24(30-16-20)34-9-7-33(8-10-34)17-19-3-6-25(37-2)31-15-19/h3-6,13,15-16,18H,7-12,17H2,1-2H3,(H2,29,32). The smallest absolute Gasteiger partial charge is 0.212 e. The minimum Gasteiger partial charge on any atom is -0.490 e. The van der Waals surface area contributed by atoms with Crippen LogP contribution >= 0.6 is 0 Å². The minimum atomic E-state index is 0.177. The van der Waals surface area contributed by atoms with Gasteiger partial charge in [-0.05, 0) is 23.8 Å². The van der Waals surface area contributed by atoms with Crippen LogP contribution in [0.5, 0.6) is 11.6 Å². The quantitative estimate of drug-likeness (QED) is 0.333. The molecule has 4 aromatic heterocycles. The van der Waals surface area contributed by atoms with Crippen LogP contribution in [0.15, 0.2) is 48.9 Å². The van der Waals surface area contributed by atoms with Gasteiger partial charge in [-0.1, -0.05) is 6.07 Å². The molecule has 2 N–H and O–H groups in total. The Labute approximate surface area is 221 Å². The summed E-state index contributed by atoms with van der Waals surface area (Å²) < 4.78 is 17.7. The van der Waals surface area contributed by atoms with Gasteiger partial charge in [0.2, 0.25) is 5.88 Å². The molecule has 0 atom stereocenters. The van der Waals surface area contributed by atoms with Crippen molar-refractivity contribution in [2.75, 3.05) is 64.2 Å². The average Bonchev–Trinajstić information content (AvgIpc) is 3.28. The highest BCUT2D eigenvalue weighted by atomic mass is 16.5. The van der Waals surface area contributed by atoms with Crippen molar-refractivity contribution in [3.05, 3.63) is 60.0 Å². The summed E-state index contributed by atoms with van der Waals surface area (Å²) in [6.45, 7) is 5.31. The van der Waals surface area contributed by atoms with Gasteiger partial charge >= 0.3 is 0 Å². The van der Waals surface area contributed by atoms with Crippen molar-refractivity contribution in [2.45, 2.75) is 6.54 Å². The predicted octanol–water partition coefficient (Wildman–Crippen LogP) is 2.60. The number of hydrogen-bond acceptors (Lipinski definition) is 10. The van der Waals surface area contributed by atoms with Crippen molar-refractivity contribution in [3.8, 4) is 28.8 Å². The molecular formula is C27H30N8O3. The SMILES string of the molecule is COCCOc1cc(-c2ccc(N3CCN(Cc4ccc(OC)nc4)CC3)nc2)c2c(C#N)c(N)nn2c1. The van der Waals surface area contributed by atoms with Crippen LogP contribution in [0.1, 0.15) is 11.1 Å². The molecule has 4 aromatic rings. The number of fused-ring (bicyclic) bond motifs is 1. The monoisotopic (exact) mass is 514 g/mol. The first-order valence-corrected chi connectivity index (χ1v) is 12.4. The predicted molar refractivity (Wildman–Crippen MR) is 143 cm³/mol. The Balaban J connectivity index is 1.31. The van der Waals surface area contributed by atoms with Crippen molar-refractivity contribution < 1.29 is 14.2 Å². The zero-order valence-corrected chi connectivity index (χ0v) is 21.5. The van der Waals surface area contributed by atoms with Crippen LogP contribution in [0.25, 0.3) is 16.6 Å². The first-order valence-electron chi connectivity index (χ1n) is 12.4. The van der Waals surface area contributed by atoms with E-state index in [2.05, 4.69) is 32.0 Å². The van der Waals surface area contributed by atoms with Crippen LogP contribution in [0.4, 0.5) is 11.6 Å². The number of nitriles is 1. The fraction of sp³-hybridized carbons (Fsp3) is 0.333. The summed E-state index contributed by atoms with van der Waals surface area (Å²) in [5, 5.41) is 14.0. The zero-order valence-electron chi connectivity index (χ0n) is 21.5. The zero-order chi connectivity index (χ0) is 26.5. The summed E-state index contributed by atoms with van der Waals surface area (Å²) in [5.41, 5.74) is 9.77. The highest BCUT2D eigenvalue weighted by Crippen LogP contribution is 2.33. The molecule has 5 heterocycles. The van der Waals surface area contributed by atoms with Crippen molar-refractivity contribution >= 4 is 17.2 Å². The third-order valence-electron chi connectivity index (χ3n) is 6.56. The molecule has 1 fully saturated rings. The molecule has 1 aliphatic heterocycles. The second kappa shape index (κ2) is 11.3. The number of nitrogens with two attached hydrogens (primary N) is 1. The van der Waals surface area contributed by atoms with Gasteiger partial charge in [0, 0.05) is 69.4 Å². The lowest BCUT2D eigenvalue weighted by molar-refractivity contribution is 0.146. The van der Waals surface area contributed by atoms with E-state index < -0.39 is 0 Å². The number of piperazine rings is 1. The van der Waals surface area contributed by atoms with Gasteiger partial charge in [-0.15, -0.1) is 5.10 Å². The van der Waals surface area contributed by atoms with Crippen molar-refractivity contribution in [2.24, 2.45) is 0 Å². The molecule has 0 aromatic carbocycles. The number of aromatic nitrogens is 4. The maximum Gasteiger partial charge on any atom is 0.212 e. The van der Waals surface area contributed by atoms with Gasteiger partial charge in [0.1, 0.15) is 29.8 Å². The third kappa shape index (κ3) is 5.32. The van der Waals surface area contributed by atoms with E-state index in [-0.39, 0.29) is 5.82 Å². The van der Waals surface area contributed by atoms with Gasteiger partial charge in [0.25, 0.3) is 0 Å². The largest absolute Gasteiger partial charge is 0.490 e. The van der Waals surface area contributed by atoms with Crippen LogP contribution in [0, 0.1) is 11.3 Å². The van der Waals surface area contributed by atoms with Crippen LogP contribution in [-0.4, -0.2) is 78.1 Å². The van der Waals surface area contributed by atoms with E-state index in [4.69, 9.17) is 24.9 Å². The average molecular weight is 515 g/mol. The van der Waals surface area contributed by atoms with Gasteiger partial charge in [0.15, 0.2) is 5.82 Å². The summed E-state index contributed by atoms with van der Waals surface area (Å²) >= 11 is 0. The Morgan fingerprint density at radius 2 is 1.87 bits per heavy atom. The molecule has 11 nitrogen and oxygen atoms in total. The normalized spacial score (nSPS) is 14.0. The van der Waals surface area contributed by atoms with E-state index in [0.29, 0.717) is 35.9 Å². The molecule has 196 valence electrons. The molecule has 0 amide bonds. The van der Waals surface area contributed by atoms with E-state index in [1.165, 1.54) is 5.56 Å². The van der Waals surface area contributed by atoms with Crippen molar-refractivity contribution in [1.29, 1.82) is 5.26 Å². The number of ether oxygens (including phenoxy) is 3. The summed E-state index contributed by atoms with van der Waals surface area (Å²) in [6, 6.07) is 12.0. The first-order chi connectivity index (χ1) is 18.6. The lowest BCUT2D eigenvalue weighted by Gasteiger charge is -2.35. The number of nitrogens with zero attached hydrogens (tertiary/aromatic N) is 7. The lowest BCUT2D eigenvalue weighted by Crippen LogP contribution is -2.46. The fourth-order valence-electron chi connectivity index (χ4n) is 4.57. The lowest BCUT2D eigenvalue weighted by atomic mass is 10.0. The molecule has 0 saturated carbocycles. The number of hydrogen-bond donors (Lipinski definition) is 1. The van der Waals surface area contributed by atoms with E-state index in [1.807, 2.05) is 36.7 Å². The Hall–Kier alpha value is -4.40. The van der Waals surface area contributed by atoms with Crippen LogP contribution in [0.2, 0.25) is 0 Å². The maximum atomic E-state index is 9.71.